The Morgan fingerprint density at radius 1 is 1.21 bits per heavy atom. The van der Waals surface area contributed by atoms with E-state index in [1.54, 1.807) is 7.11 Å². The molecule has 0 aliphatic rings. The Balaban J connectivity index is 2.54. The zero-order chi connectivity index (χ0) is 14.1. The van der Waals surface area contributed by atoms with Crippen molar-refractivity contribution in [3.8, 4) is 5.75 Å². The van der Waals surface area contributed by atoms with Crippen molar-refractivity contribution in [2.24, 2.45) is 0 Å². The van der Waals surface area contributed by atoms with Gasteiger partial charge in [0.1, 0.15) is 5.75 Å². The Bertz CT molecular complexity index is 366. The highest BCUT2D eigenvalue weighted by molar-refractivity contribution is 5.26. The van der Waals surface area contributed by atoms with E-state index in [-0.39, 0.29) is 0 Å². The number of hydrogen-bond acceptors (Lipinski definition) is 3. The molecular formula is C16H28N2O. The molecule has 0 aliphatic carbocycles. The van der Waals surface area contributed by atoms with E-state index in [0.717, 1.165) is 23.7 Å². The third kappa shape index (κ3) is 6.06. The fourth-order valence-corrected chi connectivity index (χ4v) is 2.31. The highest BCUT2D eigenvalue weighted by atomic mass is 16.5. The van der Waals surface area contributed by atoms with Gasteiger partial charge in [0.15, 0.2) is 0 Å². The lowest BCUT2D eigenvalue weighted by atomic mass is 10.1. The molecular weight excluding hydrogens is 236 g/mol. The predicted molar refractivity (Wildman–Crippen MR) is 80.6 cm³/mol. The van der Waals surface area contributed by atoms with Gasteiger partial charge in [0, 0.05) is 30.4 Å². The first-order chi connectivity index (χ1) is 9.19. The molecule has 0 bridgehead atoms. The summed E-state index contributed by atoms with van der Waals surface area (Å²) in [6.07, 6.45) is 6.28. The number of hydrogen-bond donors (Lipinski definition) is 1. The number of nitrogens with zero attached hydrogens (tertiary/aromatic N) is 1. The summed E-state index contributed by atoms with van der Waals surface area (Å²) in [4.78, 5) is 4.55. The quantitative estimate of drug-likeness (QED) is 0.735. The maximum absolute atomic E-state index is 5.29. The molecule has 1 rings (SSSR count). The maximum atomic E-state index is 5.29. The molecule has 1 aromatic heterocycles. The monoisotopic (exact) mass is 264 g/mol. The molecule has 0 amide bonds. The van der Waals surface area contributed by atoms with Gasteiger partial charge in [-0.25, -0.2) is 0 Å². The minimum atomic E-state index is 0.609. The van der Waals surface area contributed by atoms with E-state index in [1.165, 1.54) is 32.1 Å². The SMILES string of the molecule is CCCCC(CCC)NCc1cc(OC)cc(C)n1. The second kappa shape index (κ2) is 8.92. The van der Waals surface area contributed by atoms with E-state index in [4.69, 9.17) is 4.74 Å². The highest BCUT2D eigenvalue weighted by Gasteiger charge is 2.08. The summed E-state index contributed by atoms with van der Waals surface area (Å²) in [5.74, 6) is 0.893. The lowest BCUT2D eigenvalue weighted by Gasteiger charge is -2.18. The summed E-state index contributed by atoms with van der Waals surface area (Å²) in [5, 5.41) is 3.63. The van der Waals surface area contributed by atoms with Crippen molar-refractivity contribution in [3.63, 3.8) is 0 Å². The number of aromatic nitrogens is 1. The fraction of sp³-hybridized carbons (Fsp3) is 0.688. The molecule has 1 atom stereocenters. The molecule has 1 heterocycles. The smallest absolute Gasteiger partial charge is 0.122 e. The van der Waals surface area contributed by atoms with Crippen LogP contribution in [-0.2, 0) is 6.54 Å². The summed E-state index contributed by atoms with van der Waals surface area (Å²) in [5.41, 5.74) is 2.08. The molecule has 3 nitrogen and oxygen atoms in total. The van der Waals surface area contributed by atoms with E-state index in [2.05, 4.69) is 24.1 Å². The van der Waals surface area contributed by atoms with Crippen LogP contribution in [0.3, 0.4) is 0 Å². The normalized spacial score (nSPS) is 12.4. The number of pyridine rings is 1. The van der Waals surface area contributed by atoms with Crippen LogP contribution in [0, 0.1) is 6.92 Å². The van der Waals surface area contributed by atoms with Gasteiger partial charge in [0.25, 0.3) is 0 Å². The van der Waals surface area contributed by atoms with Crippen LogP contribution in [0.1, 0.15) is 57.3 Å². The van der Waals surface area contributed by atoms with E-state index in [1.807, 2.05) is 19.1 Å². The second-order valence-corrected chi connectivity index (χ2v) is 5.15. The van der Waals surface area contributed by atoms with Crippen LogP contribution in [-0.4, -0.2) is 18.1 Å². The van der Waals surface area contributed by atoms with Crippen molar-refractivity contribution in [2.45, 2.75) is 65.5 Å². The number of unbranched alkanes of at least 4 members (excludes halogenated alkanes) is 1. The Hall–Kier alpha value is -1.09. The van der Waals surface area contributed by atoms with E-state index < -0.39 is 0 Å². The molecule has 1 unspecified atom stereocenters. The van der Waals surface area contributed by atoms with Crippen LogP contribution in [0.15, 0.2) is 12.1 Å². The Morgan fingerprint density at radius 2 is 2.00 bits per heavy atom. The van der Waals surface area contributed by atoms with Gasteiger partial charge in [-0.2, -0.15) is 0 Å². The topological polar surface area (TPSA) is 34.1 Å². The van der Waals surface area contributed by atoms with Gasteiger partial charge in [-0.15, -0.1) is 0 Å². The molecule has 108 valence electrons. The lowest BCUT2D eigenvalue weighted by molar-refractivity contribution is 0.409. The summed E-state index contributed by atoms with van der Waals surface area (Å²) in [7, 11) is 1.70. The van der Waals surface area contributed by atoms with E-state index in [0.29, 0.717) is 6.04 Å². The van der Waals surface area contributed by atoms with Crippen molar-refractivity contribution in [1.82, 2.24) is 10.3 Å². The van der Waals surface area contributed by atoms with Crippen LogP contribution in [0.2, 0.25) is 0 Å². The molecule has 1 N–H and O–H groups in total. The lowest BCUT2D eigenvalue weighted by Crippen LogP contribution is -2.28. The van der Waals surface area contributed by atoms with Crippen molar-refractivity contribution in [2.75, 3.05) is 7.11 Å². The zero-order valence-electron chi connectivity index (χ0n) is 12.8. The van der Waals surface area contributed by atoms with E-state index >= 15 is 0 Å². The molecule has 1 aromatic rings. The van der Waals surface area contributed by atoms with Crippen LogP contribution in [0.5, 0.6) is 5.75 Å². The van der Waals surface area contributed by atoms with Gasteiger partial charge in [-0.3, -0.25) is 4.98 Å². The predicted octanol–water partition coefficient (Wildman–Crippen LogP) is 3.85. The van der Waals surface area contributed by atoms with Crippen molar-refractivity contribution < 1.29 is 4.74 Å². The first kappa shape index (κ1) is 16.0. The number of rotatable bonds is 9. The number of nitrogens with one attached hydrogen (secondary N) is 1. The first-order valence-corrected chi connectivity index (χ1v) is 7.44. The first-order valence-electron chi connectivity index (χ1n) is 7.44. The number of methoxy groups -OCH3 is 1. The molecule has 0 saturated carbocycles. The Kier molecular flexibility index (Phi) is 7.49. The van der Waals surface area contributed by atoms with Crippen LogP contribution in [0.4, 0.5) is 0 Å². The van der Waals surface area contributed by atoms with Gasteiger partial charge in [0.05, 0.1) is 12.8 Å². The van der Waals surface area contributed by atoms with E-state index in [9.17, 15) is 0 Å². The van der Waals surface area contributed by atoms with Crippen LogP contribution < -0.4 is 10.1 Å². The van der Waals surface area contributed by atoms with Gasteiger partial charge in [-0.1, -0.05) is 33.1 Å². The molecule has 19 heavy (non-hydrogen) atoms. The Morgan fingerprint density at radius 3 is 2.63 bits per heavy atom. The van der Waals surface area contributed by atoms with Gasteiger partial charge >= 0.3 is 0 Å². The number of ether oxygens (including phenoxy) is 1. The summed E-state index contributed by atoms with van der Waals surface area (Å²) in [6.45, 7) is 7.32. The summed E-state index contributed by atoms with van der Waals surface area (Å²) >= 11 is 0. The number of aryl methyl sites for hydroxylation is 1. The largest absolute Gasteiger partial charge is 0.497 e. The standard InChI is InChI=1S/C16H28N2O/c1-5-7-9-14(8-6-2)17-12-15-11-16(19-4)10-13(3)18-15/h10-11,14,17H,5-9,12H2,1-4H3. The fourth-order valence-electron chi connectivity index (χ4n) is 2.31. The molecule has 0 aromatic carbocycles. The molecule has 0 saturated heterocycles. The average molecular weight is 264 g/mol. The van der Waals surface area contributed by atoms with Gasteiger partial charge < -0.3 is 10.1 Å². The summed E-state index contributed by atoms with van der Waals surface area (Å²) in [6, 6.07) is 4.59. The second-order valence-electron chi connectivity index (χ2n) is 5.15. The molecule has 0 radical (unpaired) electrons. The molecule has 0 spiro atoms. The minimum Gasteiger partial charge on any atom is -0.497 e. The average Bonchev–Trinajstić information content (AvgIpc) is 2.41. The zero-order valence-corrected chi connectivity index (χ0v) is 12.8. The third-order valence-electron chi connectivity index (χ3n) is 3.33. The highest BCUT2D eigenvalue weighted by Crippen LogP contribution is 2.14. The van der Waals surface area contributed by atoms with Crippen molar-refractivity contribution in [3.05, 3.63) is 23.5 Å². The van der Waals surface area contributed by atoms with Gasteiger partial charge in [0.2, 0.25) is 0 Å². The Labute approximate surface area is 117 Å². The molecule has 3 heteroatoms. The van der Waals surface area contributed by atoms with Crippen LogP contribution >= 0.6 is 0 Å². The minimum absolute atomic E-state index is 0.609. The summed E-state index contributed by atoms with van der Waals surface area (Å²) < 4.78 is 5.29. The van der Waals surface area contributed by atoms with Crippen LogP contribution in [0.25, 0.3) is 0 Å². The maximum Gasteiger partial charge on any atom is 0.122 e. The third-order valence-corrected chi connectivity index (χ3v) is 3.33. The van der Waals surface area contributed by atoms with Gasteiger partial charge in [-0.05, 0) is 19.8 Å². The molecule has 0 aliphatic heterocycles. The van der Waals surface area contributed by atoms with Crippen molar-refractivity contribution >= 4 is 0 Å². The molecule has 0 fully saturated rings. The van der Waals surface area contributed by atoms with Crippen molar-refractivity contribution in [1.29, 1.82) is 0 Å².